The van der Waals surface area contributed by atoms with Crippen molar-refractivity contribution in [2.75, 3.05) is 19.6 Å². The minimum absolute atomic E-state index is 0.448. The Balaban J connectivity index is 2.11. The molecule has 2 bridgehead atoms. The van der Waals surface area contributed by atoms with Gasteiger partial charge in [-0.2, -0.15) is 0 Å². The first kappa shape index (κ1) is 5.42. The van der Waals surface area contributed by atoms with Crippen LogP contribution in [0.3, 0.4) is 0 Å². The molecule has 2 nitrogen and oxygen atoms in total. The summed E-state index contributed by atoms with van der Waals surface area (Å²) in [6, 6.07) is 0. The van der Waals surface area contributed by atoms with E-state index in [2.05, 4.69) is 4.90 Å². The Morgan fingerprint density at radius 1 is 1.56 bits per heavy atom. The molecule has 1 unspecified atom stereocenters. The van der Waals surface area contributed by atoms with Gasteiger partial charge in [-0.15, -0.1) is 0 Å². The van der Waals surface area contributed by atoms with E-state index in [-0.39, 0.29) is 0 Å². The fourth-order valence-electron chi connectivity index (χ4n) is 1.86. The van der Waals surface area contributed by atoms with E-state index < -0.39 is 0 Å². The van der Waals surface area contributed by atoms with Gasteiger partial charge in [0.2, 0.25) is 0 Å². The van der Waals surface area contributed by atoms with Crippen LogP contribution in [0.5, 0.6) is 0 Å². The third-order valence-corrected chi connectivity index (χ3v) is 2.29. The normalized spacial score (nSPS) is 41.6. The molecule has 0 aromatic rings. The minimum Gasteiger partial charge on any atom is -0.298 e. The van der Waals surface area contributed by atoms with Gasteiger partial charge >= 0.3 is 0 Å². The number of carbonyl (C=O) groups is 1. The Morgan fingerprint density at radius 3 is 3.22 bits per heavy atom. The van der Waals surface area contributed by atoms with Gasteiger partial charge in [-0.3, -0.25) is 9.69 Å². The molecule has 2 heteroatoms. The third-order valence-electron chi connectivity index (χ3n) is 2.29. The van der Waals surface area contributed by atoms with Crippen molar-refractivity contribution in [1.82, 2.24) is 4.90 Å². The first-order valence-electron chi connectivity index (χ1n) is 3.58. The quantitative estimate of drug-likeness (QED) is 0.463. The van der Waals surface area contributed by atoms with Gasteiger partial charge in [0, 0.05) is 13.0 Å². The second kappa shape index (κ2) is 1.81. The van der Waals surface area contributed by atoms with Gasteiger partial charge in [0.25, 0.3) is 0 Å². The summed E-state index contributed by atoms with van der Waals surface area (Å²) in [4.78, 5) is 13.1. The van der Waals surface area contributed by atoms with Crippen LogP contribution in [-0.2, 0) is 4.79 Å². The van der Waals surface area contributed by atoms with Gasteiger partial charge in [0.1, 0.15) is 5.78 Å². The fraction of sp³-hybridized carbons (Fsp3) is 0.857. The number of piperidine rings is 1. The SMILES string of the molecule is O=C1C[C@@H]2CCN(C1)C2. The van der Waals surface area contributed by atoms with Gasteiger partial charge in [0.15, 0.2) is 0 Å². The summed E-state index contributed by atoms with van der Waals surface area (Å²) in [5, 5.41) is 0. The molecule has 0 aromatic carbocycles. The maximum absolute atomic E-state index is 10.9. The summed E-state index contributed by atoms with van der Waals surface area (Å²) in [7, 11) is 0. The lowest BCUT2D eigenvalue weighted by atomic mass is 10.0. The largest absolute Gasteiger partial charge is 0.298 e. The number of hydrogen-bond donors (Lipinski definition) is 0. The predicted molar refractivity (Wildman–Crippen MR) is 34.2 cm³/mol. The van der Waals surface area contributed by atoms with Crippen LogP contribution in [0.15, 0.2) is 0 Å². The van der Waals surface area contributed by atoms with Crippen molar-refractivity contribution in [2.24, 2.45) is 5.92 Å². The molecule has 9 heavy (non-hydrogen) atoms. The van der Waals surface area contributed by atoms with E-state index in [4.69, 9.17) is 0 Å². The summed E-state index contributed by atoms with van der Waals surface area (Å²) in [6.45, 7) is 3.08. The summed E-state index contributed by atoms with van der Waals surface area (Å²) >= 11 is 0. The van der Waals surface area contributed by atoms with Crippen LogP contribution < -0.4 is 0 Å². The molecule has 0 amide bonds. The molecule has 0 radical (unpaired) electrons. The highest BCUT2D eigenvalue weighted by Gasteiger charge is 2.30. The van der Waals surface area contributed by atoms with Gasteiger partial charge in [-0.1, -0.05) is 0 Å². The average molecular weight is 125 g/mol. The topological polar surface area (TPSA) is 20.3 Å². The Bertz CT molecular complexity index is 130. The number of rotatable bonds is 0. The second-order valence-corrected chi connectivity index (χ2v) is 3.13. The zero-order valence-corrected chi connectivity index (χ0v) is 5.47. The number of fused-ring (bicyclic) bond motifs is 2. The van der Waals surface area contributed by atoms with Crippen molar-refractivity contribution in [3.63, 3.8) is 0 Å². The smallest absolute Gasteiger partial charge is 0.147 e. The van der Waals surface area contributed by atoms with E-state index in [1.54, 1.807) is 0 Å². The fourth-order valence-corrected chi connectivity index (χ4v) is 1.86. The standard InChI is InChI=1S/C7H11NO/c9-7-3-6-1-2-8(4-6)5-7/h6H,1-5H2/t6-/m0/s1. The number of Topliss-reactive ketones (excluding diaryl/α,β-unsaturated/α-hetero) is 1. The minimum atomic E-state index is 0.448. The van der Waals surface area contributed by atoms with E-state index in [1.165, 1.54) is 13.0 Å². The van der Waals surface area contributed by atoms with Crippen molar-refractivity contribution in [2.45, 2.75) is 12.8 Å². The van der Waals surface area contributed by atoms with Gasteiger partial charge in [-0.25, -0.2) is 0 Å². The molecule has 2 rings (SSSR count). The molecule has 0 aliphatic carbocycles. The maximum Gasteiger partial charge on any atom is 0.147 e. The van der Waals surface area contributed by atoms with Crippen LogP contribution in [0.2, 0.25) is 0 Å². The van der Waals surface area contributed by atoms with Crippen LogP contribution in [-0.4, -0.2) is 30.3 Å². The predicted octanol–water partition coefficient (Wildman–Crippen LogP) is 0.281. The zero-order valence-electron chi connectivity index (χ0n) is 5.47. The van der Waals surface area contributed by atoms with E-state index in [9.17, 15) is 4.79 Å². The highest BCUT2D eigenvalue weighted by atomic mass is 16.1. The van der Waals surface area contributed by atoms with Gasteiger partial charge in [0.05, 0.1) is 6.54 Å². The lowest BCUT2D eigenvalue weighted by Gasteiger charge is -2.19. The highest BCUT2D eigenvalue weighted by molar-refractivity contribution is 5.81. The van der Waals surface area contributed by atoms with Crippen LogP contribution in [0.25, 0.3) is 0 Å². The first-order chi connectivity index (χ1) is 4.34. The van der Waals surface area contributed by atoms with Crippen molar-refractivity contribution < 1.29 is 4.79 Å². The molecule has 2 heterocycles. The second-order valence-electron chi connectivity index (χ2n) is 3.13. The monoisotopic (exact) mass is 125 g/mol. The maximum atomic E-state index is 10.9. The molecular weight excluding hydrogens is 114 g/mol. The number of nitrogens with zero attached hydrogens (tertiary/aromatic N) is 1. The Hall–Kier alpha value is -0.370. The Morgan fingerprint density at radius 2 is 2.44 bits per heavy atom. The summed E-state index contributed by atoms with van der Waals surface area (Å²) in [5.74, 6) is 1.16. The summed E-state index contributed by atoms with van der Waals surface area (Å²) in [6.07, 6.45) is 2.11. The Labute approximate surface area is 54.8 Å². The lowest BCUT2D eigenvalue weighted by Crippen LogP contribution is -2.32. The molecule has 2 atom stereocenters. The van der Waals surface area contributed by atoms with Crippen LogP contribution >= 0.6 is 0 Å². The van der Waals surface area contributed by atoms with Crippen LogP contribution in [0.1, 0.15) is 12.8 Å². The van der Waals surface area contributed by atoms with Gasteiger partial charge in [-0.05, 0) is 18.9 Å². The van der Waals surface area contributed by atoms with E-state index >= 15 is 0 Å². The summed E-state index contributed by atoms with van der Waals surface area (Å²) < 4.78 is 0. The number of carbonyl (C=O) groups excluding carboxylic acids is 1. The van der Waals surface area contributed by atoms with Crippen molar-refractivity contribution in [3.8, 4) is 0 Å². The summed E-state index contributed by atoms with van der Waals surface area (Å²) in [5.41, 5.74) is 0. The molecule has 50 valence electrons. The average Bonchev–Trinajstić information content (AvgIpc) is 2.11. The van der Waals surface area contributed by atoms with Crippen molar-refractivity contribution in [3.05, 3.63) is 0 Å². The van der Waals surface area contributed by atoms with E-state index in [0.717, 1.165) is 19.5 Å². The van der Waals surface area contributed by atoms with E-state index in [0.29, 0.717) is 11.7 Å². The lowest BCUT2D eigenvalue weighted by molar-refractivity contribution is -0.122. The van der Waals surface area contributed by atoms with Gasteiger partial charge < -0.3 is 0 Å². The van der Waals surface area contributed by atoms with Crippen LogP contribution in [0.4, 0.5) is 0 Å². The first-order valence-corrected chi connectivity index (χ1v) is 3.58. The molecule has 2 aliphatic heterocycles. The molecule has 2 saturated heterocycles. The number of ketones is 1. The molecule has 0 N–H and O–H groups in total. The molecular formula is C7H11NO. The van der Waals surface area contributed by atoms with Crippen LogP contribution in [0, 0.1) is 5.92 Å². The van der Waals surface area contributed by atoms with Crippen molar-refractivity contribution in [1.29, 1.82) is 0 Å². The Kier molecular flexibility index (Phi) is 1.09. The zero-order chi connectivity index (χ0) is 6.27. The number of hydrogen-bond acceptors (Lipinski definition) is 2. The molecule has 0 spiro atoms. The molecule has 0 saturated carbocycles. The van der Waals surface area contributed by atoms with Crippen molar-refractivity contribution >= 4 is 5.78 Å². The van der Waals surface area contributed by atoms with E-state index in [1.807, 2.05) is 0 Å². The molecule has 2 fully saturated rings. The molecule has 2 aliphatic rings. The highest BCUT2D eigenvalue weighted by Crippen LogP contribution is 2.23. The third kappa shape index (κ3) is 0.874. The molecule has 0 aromatic heterocycles.